The molecule has 0 spiro atoms. The van der Waals surface area contributed by atoms with Gasteiger partial charge in [0.25, 0.3) is 0 Å². The molecular weight excluding hydrogens is 152 g/mol. The highest BCUT2D eigenvalue weighted by molar-refractivity contribution is 5.76. The lowest BCUT2D eigenvalue weighted by atomic mass is 9.96. The Bertz CT molecular complexity index is 151. The monoisotopic (exact) mass is 170 g/mol. The number of nitrogens with zero attached hydrogens (tertiary/aromatic N) is 1. The van der Waals surface area contributed by atoms with Crippen LogP contribution in [0.15, 0.2) is 0 Å². The van der Waals surface area contributed by atoms with Gasteiger partial charge in [-0.25, -0.2) is 0 Å². The largest absolute Gasteiger partial charge is 0.369 e. The number of amides is 1. The third-order valence-corrected chi connectivity index (χ3v) is 2.53. The lowest BCUT2D eigenvalue weighted by molar-refractivity contribution is -0.123. The fourth-order valence-electron chi connectivity index (χ4n) is 1.76. The Labute approximate surface area is 73.9 Å². The van der Waals surface area contributed by atoms with Gasteiger partial charge in [0, 0.05) is 5.92 Å². The summed E-state index contributed by atoms with van der Waals surface area (Å²) in [6.07, 6.45) is 3.10. The highest BCUT2D eigenvalue weighted by Crippen LogP contribution is 2.16. The van der Waals surface area contributed by atoms with Crippen LogP contribution in [0.2, 0.25) is 0 Å². The highest BCUT2D eigenvalue weighted by atomic mass is 16.1. The van der Waals surface area contributed by atoms with Crippen molar-refractivity contribution in [3.05, 3.63) is 0 Å². The van der Waals surface area contributed by atoms with Gasteiger partial charge in [-0.15, -0.1) is 0 Å². The van der Waals surface area contributed by atoms with Crippen molar-refractivity contribution in [2.75, 3.05) is 19.6 Å². The van der Waals surface area contributed by atoms with E-state index in [9.17, 15) is 4.79 Å². The topological polar surface area (TPSA) is 46.3 Å². The van der Waals surface area contributed by atoms with Crippen molar-refractivity contribution < 1.29 is 4.79 Å². The summed E-state index contributed by atoms with van der Waals surface area (Å²) in [4.78, 5) is 13.2. The molecule has 0 bridgehead atoms. The van der Waals surface area contributed by atoms with Crippen LogP contribution in [0.25, 0.3) is 0 Å². The summed E-state index contributed by atoms with van der Waals surface area (Å²) in [5, 5.41) is 0. The Morgan fingerprint density at radius 2 is 2.08 bits per heavy atom. The third-order valence-electron chi connectivity index (χ3n) is 2.53. The smallest absolute Gasteiger partial charge is 0.220 e. The van der Waals surface area contributed by atoms with E-state index in [1.807, 2.05) is 0 Å². The zero-order chi connectivity index (χ0) is 8.97. The number of carbonyl (C=O) groups excluding carboxylic acids is 1. The Hall–Kier alpha value is -0.570. The molecule has 0 saturated carbocycles. The molecule has 3 heteroatoms. The maximum absolute atomic E-state index is 10.8. The SMILES string of the molecule is CCCN1CCC(C(N)=O)CC1. The molecule has 1 saturated heterocycles. The van der Waals surface area contributed by atoms with E-state index in [2.05, 4.69) is 11.8 Å². The first-order valence-electron chi connectivity index (χ1n) is 4.75. The molecule has 0 aliphatic carbocycles. The molecule has 1 aliphatic rings. The van der Waals surface area contributed by atoms with Crippen LogP contribution in [-0.4, -0.2) is 30.4 Å². The predicted molar refractivity (Wildman–Crippen MR) is 48.6 cm³/mol. The zero-order valence-electron chi connectivity index (χ0n) is 7.75. The molecule has 12 heavy (non-hydrogen) atoms. The number of likely N-dealkylation sites (tertiary alicyclic amines) is 1. The van der Waals surface area contributed by atoms with Crippen molar-refractivity contribution in [2.24, 2.45) is 11.7 Å². The number of piperidine rings is 1. The van der Waals surface area contributed by atoms with Gasteiger partial charge in [-0.2, -0.15) is 0 Å². The lowest BCUT2D eigenvalue weighted by Crippen LogP contribution is -2.38. The number of rotatable bonds is 3. The fraction of sp³-hybridized carbons (Fsp3) is 0.889. The molecule has 0 aromatic rings. The van der Waals surface area contributed by atoms with E-state index in [-0.39, 0.29) is 11.8 Å². The summed E-state index contributed by atoms with van der Waals surface area (Å²) in [7, 11) is 0. The Morgan fingerprint density at radius 1 is 1.50 bits per heavy atom. The van der Waals surface area contributed by atoms with Crippen LogP contribution in [-0.2, 0) is 4.79 Å². The van der Waals surface area contributed by atoms with Crippen molar-refractivity contribution in [3.8, 4) is 0 Å². The van der Waals surface area contributed by atoms with Crippen LogP contribution < -0.4 is 5.73 Å². The second-order valence-electron chi connectivity index (χ2n) is 3.52. The quantitative estimate of drug-likeness (QED) is 0.674. The van der Waals surface area contributed by atoms with E-state index < -0.39 is 0 Å². The number of nitrogens with two attached hydrogens (primary N) is 1. The first-order chi connectivity index (χ1) is 5.74. The van der Waals surface area contributed by atoms with Crippen molar-refractivity contribution in [2.45, 2.75) is 26.2 Å². The van der Waals surface area contributed by atoms with Gasteiger partial charge in [0.2, 0.25) is 5.91 Å². The van der Waals surface area contributed by atoms with E-state index in [0.717, 1.165) is 32.5 Å². The summed E-state index contributed by atoms with van der Waals surface area (Å²) in [5.74, 6) is 0.0178. The van der Waals surface area contributed by atoms with Gasteiger partial charge in [0.05, 0.1) is 0 Å². The molecule has 0 radical (unpaired) electrons. The van der Waals surface area contributed by atoms with Gasteiger partial charge < -0.3 is 10.6 Å². The summed E-state index contributed by atoms with van der Waals surface area (Å²) in [6.45, 7) is 5.43. The van der Waals surface area contributed by atoms with Gasteiger partial charge >= 0.3 is 0 Å². The minimum absolute atomic E-state index is 0.119. The minimum Gasteiger partial charge on any atom is -0.369 e. The molecule has 1 amide bonds. The molecule has 0 unspecified atom stereocenters. The van der Waals surface area contributed by atoms with Crippen LogP contribution in [0.4, 0.5) is 0 Å². The fourth-order valence-corrected chi connectivity index (χ4v) is 1.76. The average molecular weight is 170 g/mol. The van der Waals surface area contributed by atoms with E-state index in [1.165, 1.54) is 6.42 Å². The molecule has 3 nitrogen and oxygen atoms in total. The van der Waals surface area contributed by atoms with Crippen LogP contribution in [0.1, 0.15) is 26.2 Å². The van der Waals surface area contributed by atoms with E-state index in [4.69, 9.17) is 5.73 Å². The Balaban J connectivity index is 2.25. The standard InChI is InChI=1S/C9H18N2O/c1-2-5-11-6-3-8(4-7-11)9(10)12/h8H,2-7H2,1H3,(H2,10,12). The van der Waals surface area contributed by atoms with Crippen molar-refractivity contribution in [1.29, 1.82) is 0 Å². The first kappa shape index (κ1) is 9.52. The van der Waals surface area contributed by atoms with Gasteiger partial charge in [-0.1, -0.05) is 6.92 Å². The Morgan fingerprint density at radius 3 is 2.50 bits per heavy atom. The molecular formula is C9H18N2O. The van der Waals surface area contributed by atoms with Crippen molar-refractivity contribution >= 4 is 5.91 Å². The normalized spacial score (nSPS) is 21.1. The van der Waals surface area contributed by atoms with Crippen LogP contribution >= 0.6 is 0 Å². The minimum atomic E-state index is -0.119. The van der Waals surface area contributed by atoms with Gasteiger partial charge in [-0.05, 0) is 38.9 Å². The molecule has 1 aliphatic heterocycles. The zero-order valence-corrected chi connectivity index (χ0v) is 7.75. The summed E-state index contributed by atoms with van der Waals surface area (Å²) < 4.78 is 0. The molecule has 1 heterocycles. The predicted octanol–water partition coefficient (Wildman–Crippen LogP) is 0.594. The first-order valence-corrected chi connectivity index (χ1v) is 4.75. The van der Waals surface area contributed by atoms with Crippen molar-refractivity contribution in [1.82, 2.24) is 4.90 Å². The summed E-state index contributed by atoms with van der Waals surface area (Å²) in [6, 6.07) is 0. The van der Waals surface area contributed by atoms with Crippen molar-refractivity contribution in [3.63, 3.8) is 0 Å². The van der Waals surface area contributed by atoms with Crippen LogP contribution in [0.3, 0.4) is 0 Å². The number of hydrogen-bond acceptors (Lipinski definition) is 2. The van der Waals surface area contributed by atoms with E-state index >= 15 is 0 Å². The van der Waals surface area contributed by atoms with Crippen LogP contribution in [0, 0.1) is 5.92 Å². The highest BCUT2D eigenvalue weighted by Gasteiger charge is 2.21. The van der Waals surface area contributed by atoms with Crippen LogP contribution in [0.5, 0.6) is 0 Å². The Kier molecular flexibility index (Phi) is 3.53. The molecule has 0 aromatic carbocycles. The summed E-state index contributed by atoms with van der Waals surface area (Å²) >= 11 is 0. The van der Waals surface area contributed by atoms with Gasteiger partial charge in [-0.3, -0.25) is 4.79 Å². The second kappa shape index (κ2) is 4.45. The molecule has 1 fully saturated rings. The van der Waals surface area contributed by atoms with E-state index in [1.54, 1.807) is 0 Å². The summed E-state index contributed by atoms with van der Waals surface area (Å²) in [5.41, 5.74) is 5.23. The second-order valence-corrected chi connectivity index (χ2v) is 3.52. The number of primary amides is 1. The maximum atomic E-state index is 10.8. The maximum Gasteiger partial charge on any atom is 0.220 e. The van der Waals surface area contributed by atoms with Gasteiger partial charge in [0.1, 0.15) is 0 Å². The lowest BCUT2D eigenvalue weighted by Gasteiger charge is -2.29. The molecule has 1 rings (SSSR count). The van der Waals surface area contributed by atoms with Gasteiger partial charge in [0.15, 0.2) is 0 Å². The van der Waals surface area contributed by atoms with E-state index in [0.29, 0.717) is 0 Å². The molecule has 2 N–H and O–H groups in total. The molecule has 0 atom stereocenters. The number of hydrogen-bond donors (Lipinski definition) is 1. The third kappa shape index (κ3) is 2.48. The average Bonchev–Trinajstić information content (AvgIpc) is 2.06. The number of carbonyl (C=O) groups is 1. The molecule has 70 valence electrons. The molecule has 0 aromatic heterocycles.